The highest BCUT2D eigenvalue weighted by Crippen LogP contribution is 2.29. The summed E-state index contributed by atoms with van der Waals surface area (Å²) >= 11 is 0. The van der Waals surface area contributed by atoms with Crippen molar-refractivity contribution in [2.24, 2.45) is 0 Å². The van der Waals surface area contributed by atoms with Crippen LogP contribution < -0.4 is 4.74 Å². The van der Waals surface area contributed by atoms with E-state index in [0.29, 0.717) is 12.2 Å². The minimum Gasteiger partial charge on any atom is -0.497 e. The Kier molecular flexibility index (Phi) is 5.64. The van der Waals surface area contributed by atoms with E-state index in [0.717, 1.165) is 5.56 Å². The molecule has 5 nitrogen and oxygen atoms in total. The first-order valence-electron chi connectivity index (χ1n) is 7.65. The van der Waals surface area contributed by atoms with Gasteiger partial charge in [0, 0.05) is 0 Å². The van der Waals surface area contributed by atoms with Crippen molar-refractivity contribution in [2.75, 3.05) is 7.11 Å². The fourth-order valence-corrected chi connectivity index (χ4v) is 3.80. The summed E-state index contributed by atoms with van der Waals surface area (Å²) in [4.78, 5) is 11.7. The zero-order valence-corrected chi connectivity index (χ0v) is 14.9. The Morgan fingerprint density at radius 3 is 2.24 bits per heavy atom. The van der Waals surface area contributed by atoms with Gasteiger partial charge in [-0.05, 0) is 43.2 Å². The van der Waals surface area contributed by atoms with Gasteiger partial charge in [0.2, 0.25) is 0 Å². The number of aliphatic carboxylic acids is 1. The van der Waals surface area contributed by atoms with E-state index in [4.69, 9.17) is 4.74 Å². The van der Waals surface area contributed by atoms with E-state index >= 15 is 0 Å². The monoisotopic (exact) mass is 360 g/mol. The molecule has 25 heavy (non-hydrogen) atoms. The lowest BCUT2D eigenvalue weighted by atomic mass is 10.1. The first-order valence-corrected chi connectivity index (χ1v) is 9.13. The summed E-state index contributed by atoms with van der Waals surface area (Å²) in [7, 11) is -2.65. The summed E-state index contributed by atoms with van der Waals surface area (Å²) in [6.45, 7) is 1.19. The number of rotatable bonds is 7. The lowest BCUT2D eigenvalue weighted by molar-refractivity contribution is -0.138. The van der Waals surface area contributed by atoms with Crippen molar-refractivity contribution in [2.45, 2.75) is 23.0 Å². The van der Waals surface area contributed by atoms with E-state index in [1.165, 1.54) is 44.4 Å². The predicted octanol–water partition coefficient (Wildman–Crippen LogP) is 3.11. The first kappa shape index (κ1) is 18.7. The highest BCUT2D eigenvalue weighted by molar-refractivity contribution is 7.93. The highest BCUT2D eigenvalue weighted by Gasteiger charge is 2.45. The zero-order valence-electron chi connectivity index (χ0n) is 14.0. The van der Waals surface area contributed by atoms with Crippen molar-refractivity contribution < 1.29 is 23.1 Å². The molecule has 0 amide bonds. The van der Waals surface area contributed by atoms with Gasteiger partial charge in [-0.2, -0.15) is 0 Å². The minimum absolute atomic E-state index is 0.0671. The smallest absolute Gasteiger partial charge is 0.329 e. The molecule has 0 radical (unpaired) electrons. The summed E-state index contributed by atoms with van der Waals surface area (Å²) in [5.74, 6) is -0.928. The van der Waals surface area contributed by atoms with E-state index in [1.54, 1.807) is 6.08 Å². The second-order valence-electron chi connectivity index (χ2n) is 5.68. The first-order chi connectivity index (χ1) is 11.8. The molecule has 132 valence electrons. The fourth-order valence-electron chi connectivity index (χ4n) is 2.31. The summed E-state index contributed by atoms with van der Waals surface area (Å²) in [6.07, 6.45) is 3.26. The lowest BCUT2D eigenvalue weighted by Gasteiger charge is -2.21. The van der Waals surface area contributed by atoms with Gasteiger partial charge in [-0.25, -0.2) is 8.42 Å². The van der Waals surface area contributed by atoms with Crippen molar-refractivity contribution in [3.05, 3.63) is 72.3 Å². The fraction of sp³-hybridized carbons (Fsp3) is 0.211. The third kappa shape index (κ3) is 3.91. The van der Waals surface area contributed by atoms with Crippen LogP contribution >= 0.6 is 0 Å². The molecular formula is C19H20O5S. The van der Waals surface area contributed by atoms with Crippen LogP contribution in [0.4, 0.5) is 0 Å². The molecule has 2 rings (SSSR count). The third-order valence-electron chi connectivity index (χ3n) is 3.98. The van der Waals surface area contributed by atoms with Crippen LogP contribution in [0, 0.1) is 0 Å². The predicted molar refractivity (Wildman–Crippen MR) is 95.5 cm³/mol. The van der Waals surface area contributed by atoms with Crippen molar-refractivity contribution in [1.82, 2.24) is 0 Å². The summed E-state index contributed by atoms with van der Waals surface area (Å²) in [5, 5.41) is 9.57. The highest BCUT2D eigenvalue weighted by atomic mass is 32.2. The van der Waals surface area contributed by atoms with Gasteiger partial charge in [-0.15, -0.1) is 0 Å². The van der Waals surface area contributed by atoms with E-state index in [1.807, 2.05) is 30.3 Å². The largest absolute Gasteiger partial charge is 0.497 e. The maximum Gasteiger partial charge on any atom is 0.329 e. The van der Waals surface area contributed by atoms with Gasteiger partial charge >= 0.3 is 5.97 Å². The lowest BCUT2D eigenvalue weighted by Crippen LogP contribution is -2.41. The summed E-state index contributed by atoms with van der Waals surface area (Å²) < 4.78 is 28.7. The molecule has 0 spiro atoms. The van der Waals surface area contributed by atoms with Crippen molar-refractivity contribution in [3.8, 4) is 5.75 Å². The molecule has 0 saturated heterocycles. The van der Waals surface area contributed by atoms with Gasteiger partial charge in [0.15, 0.2) is 14.6 Å². The van der Waals surface area contributed by atoms with Crippen LogP contribution in [0.15, 0.2) is 71.6 Å². The summed E-state index contributed by atoms with van der Waals surface area (Å²) in [5.41, 5.74) is 0.966. The van der Waals surface area contributed by atoms with Gasteiger partial charge in [-0.1, -0.05) is 42.5 Å². The Balaban J connectivity index is 2.34. The summed E-state index contributed by atoms with van der Waals surface area (Å²) in [6, 6.07) is 15.1. The minimum atomic E-state index is -4.12. The van der Waals surface area contributed by atoms with Crippen LogP contribution in [0.1, 0.15) is 12.5 Å². The number of benzene rings is 2. The Morgan fingerprint density at radius 1 is 1.12 bits per heavy atom. The Morgan fingerprint density at radius 2 is 1.72 bits per heavy atom. The molecule has 1 atom stereocenters. The molecule has 0 aliphatic rings. The molecule has 0 aliphatic heterocycles. The van der Waals surface area contributed by atoms with E-state index < -0.39 is 20.6 Å². The molecule has 6 heteroatoms. The van der Waals surface area contributed by atoms with Crippen LogP contribution in [-0.4, -0.2) is 31.4 Å². The normalized spacial score (nSPS) is 14.2. The topological polar surface area (TPSA) is 80.7 Å². The molecule has 0 aliphatic carbocycles. The standard InChI is InChI=1S/C19H20O5S/c1-19(18(20)21,14-6-9-15-7-4-3-5-8-15)25(22,23)17-12-10-16(24-2)11-13-17/h3-8,10-14H,9H2,1-2H3,(H,20,21)/b14-6+/t19-/m0/s1. The average molecular weight is 360 g/mol. The van der Waals surface area contributed by atoms with E-state index in [9.17, 15) is 18.3 Å². The zero-order chi connectivity index (χ0) is 18.5. The number of carboxylic acid groups (broad SMARTS) is 1. The molecule has 0 unspecified atom stereocenters. The maximum atomic E-state index is 12.9. The molecule has 2 aromatic rings. The molecule has 0 aromatic heterocycles. The number of carboxylic acids is 1. The second-order valence-corrected chi connectivity index (χ2v) is 8.01. The molecule has 0 fully saturated rings. The molecule has 1 N–H and O–H groups in total. The van der Waals surface area contributed by atoms with Crippen molar-refractivity contribution >= 4 is 15.8 Å². The second kappa shape index (κ2) is 7.53. The van der Waals surface area contributed by atoms with Gasteiger partial charge < -0.3 is 9.84 Å². The van der Waals surface area contributed by atoms with Crippen LogP contribution in [0.25, 0.3) is 0 Å². The third-order valence-corrected chi connectivity index (χ3v) is 6.30. The van der Waals surface area contributed by atoms with E-state index in [-0.39, 0.29) is 4.90 Å². The Hall–Kier alpha value is -2.60. The number of hydrogen-bond donors (Lipinski definition) is 1. The SMILES string of the molecule is COc1ccc(S(=O)(=O)[C@@](C)(/C=C/Cc2ccccc2)C(=O)O)cc1. The number of ether oxygens (including phenoxy) is 1. The number of hydrogen-bond acceptors (Lipinski definition) is 4. The molecule has 0 bridgehead atoms. The number of allylic oxidation sites excluding steroid dienone is 1. The Bertz CT molecular complexity index is 854. The quantitative estimate of drug-likeness (QED) is 0.768. The Labute approximate surface area is 147 Å². The average Bonchev–Trinajstić information content (AvgIpc) is 2.62. The molecular weight excluding hydrogens is 340 g/mol. The van der Waals surface area contributed by atoms with Gasteiger partial charge in [0.05, 0.1) is 12.0 Å². The van der Waals surface area contributed by atoms with Crippen LogP contribution in [0.5, 0.6) is 5.75 Å². The van der Waals surface area contributed by atoms with Crippen molar-refractivity contribution in [1.29, 1.82) is 0 Å². The number of methoxy groups -OCH3 is 1. The maximum absolute atomic E-state index is 12.9. The van der Waals surface area contributed by atoms with Crippen molar-refractivity contribution in [3.63, 3.8) is 0 Å². The van der Waals surface area contributed by atoms with Crippen LogP contribution in [0.2, 0.25) is 0 Å². The van der Waals surface area contributed by atoms with Gasteiger partial charge in [0.1, 0.15) is 5.75 Å². The number of sulfone groups is 1. The van der Waals surface area contributed by atoms with Crippen LogP contribution in [0.3, 0.4) is 0 Å². The molecule has 0 heterocycles. The molecule has 0 saturated carbocycles. The number of carbonyl (C=O) groups is 1. The van der Waals surface area contributed by atoms with Crippen LogP contribution in [-0.2, 0) is 21.1 Å². The van der Waals surface area contributed by atoms with E-state index in [2.05, 4.69) is 0 Å². The van der Waals surface area contributed by atoms with Gasteiger partial charge in [-0.3, -0.25) is 4.79 Å². The van der Waals surface area contributed by atoms with Gasteiger partial charge in [0.25, 0.3) is 0 Å². The molecule has 2 aromatic carbocycles.